The first-order chi connectivity index (χ1) is 13.8. The molecule has 8 heteroatoms. The van der Waals surface area contributed by atoms with Crippen LogP contribution in [0.1, 0.15) is 43.5 Å². The van der Waals surface area contributed by atoms with Crippen LogP contribution in [0.4, 0.5) is 5.69 Å². The smallest absolute Gasteiger partial charge is 0.261 e. The Kier molecular flexibility index (Phi) is 6.70. The Bertz CT molecular complexity index is 977. The van der Waals surface area contributed by atoms with Crippen LogP contribution >= 0.6 is 11.6 Å². The Morgan fingerprint density at radius 2 is 1.93 bits per heavy atom. The number of likely N-dealkylation sites (tertiary alicyclic amines) is 1. The third-order valence-corrected chi connectivity index (χ3v) is 6.67. The standard InChI is InChI=1S/C21H25ClN2O4S/c1-3-28-17-9-7-16(8-10-17)23-29(26,27)18-11-12-20(22)19(14-18)21(25)24-13-5-4-6-15(24)2/h7-12,14-15,23H,3-6,13H2,1-2H3. The van der Waals surface area contributed by atoms with Crippen LogP contribution in [-0.4, -0.2) is 38.4 Å². The molecule has 0 aliphatic carbocycles. The zero-order valence-corrected chi connectivity index (χ0v) is 18.1. The van der Waals surface area contributed by atoms with Gasteiger partial charge in [0.15, 0.2) is 0 Å². The van der Waals surface area contributed by atoms with E-state index in [9.17, 15) is 13.2 Å². The molecule has 1 amide bonds. The quantitative estimate of drug-likeness (QED) is 0.720. The van der Waals surface area contributed by atoms with Crippen molar-refractivity contribution in [2.75, 3.05) is 17.9 Å². The average Bonchev–Trinajstić information content (AvgIpc) is 2.69. The summed E-state index contributed by atoms with van der Waals surface area (Å²) in [6, 6.07) is 10.9. The van der Waals surface area contributed by atoms with Gasteiger partial charge in [-0.15, -0.1) is 0 Å². The maximum atomic E-state index is 13.0. The monoisotopic (exact) mass is 436 g/mol. The first-order valence-electron chi connectivity index (χ1n) is 9.68. The number of carbonyl (C=O) groups excluding carboxylic acids is 1. The lowest BCUT2D eigenvalue weighted by Crippen LogP contribution is -2.42. The fourth-order valence-corrected chi connectivity index (χ4v) is 4.67. The van der Waals surface area contributed by atoms with Crippen molar-refractivity contribution in [3.63, 3.8) is 0 Å². The number of piperidine rings is 1. The molecule has 0 bridgehead atoms. The van der Waals surface area contributed by atoms with Gasteiger partial charge in [-0.3, -0.25) is 9.52 Å². The summed E-state index contributed by atoms with van der Waals surface area (Å²) in [6.45, 7) is 5.06. The van der Waals surface area contributed by atoms with Gasteiger partial charge in [-0.05, 0) is 75.6 Å². The molecule has 6 nitrogen and oxygen atoms in total. The average molecular weight is 437 g/mol. The van der Waals surface area contributed by atoms with E-state index >= 15 is 0 Å². The van der Waals surface area contributed by atoms with E-state index in [1.165, 1.54) is 18.2 Å². The van der Waals surface area contributed by atoms with Crippen molar-refractivity contribution < 1.29 is 17.9 Å². The third kappa shape index (κ3) is 5.03. The van der Waals surface area contributed by atoms with Crippen molar-refractivity contribution in [2.24, 2.45) is 0 Å². The van der Waals surface area contributed by atoms with E-state index in [0.717, 1.165) is 19.3 Å². The fourth-order valence-electron chi connectivity index (χ4n) is 3.39. The van der Waals surface area contributed by atoms with Gasteiger partial charge in [0.2, 0.25) is 0 Å². The number of nitrogens with one attached hydrogen (secondary N) is 1. The number of nitrogens with zero attached hydrogens (tertiary/aromatic N) is 1. The molecular formula is C21H25ClN2O4S. The number of carbonyl (C=O) groups is 1. The molecule has 2 aromatic carbocycles. The van der Waals surface area contributed by atoms with Crippen LogP contribution in [0, 0.1) is 0 Å². The minimum atomic E-state index is -3.88. The molecule has 29 heavy (non-hydrogen) atoms. The summed E-state index contributed by atoms with van der Waals surface area (Å²) in [7, 11) is -3.88. The number of rotatable bonds is 6. The van der Waals surface area contributed by atoms with E-state index in [1.54, 1.807) is 29.2 Å². The molecule has 1 aliphatic rings. The third-order valence-electron chi connectivity index (χ3n) is 4.96. The highest BCUT2D eigenvalue weighted by molar-refractivity contribution is 7.92. The molecule has 0 aromatic heterocycles. The number of ether oxygens (including phenoxy) is 1. The van der Waals surface area contributed by atoms with Crippen LogP contribution in [0.25, 0.3) is 0 Å². The molecule has 0 saturated carbocycles. The van der Waals surface area contributed by atoms with E-state index < -0.39 is 10.0 Å². The van der Waals surface area contributed by atoms with Crippen LogP contribution in [0.15, 0.2) is 47.4 Å². The predicted octanol–water partition coefficient (Wildman–Crippen LogP) is 4.55. The number of hydrogen-bond donors (Lipinski definition) is 1. The highest BCUT2D eigenvalue weighted by Crippen LogP contribution is 2.27. The highest BCUT2D eigenvalue weighted by Gasteiger charge is 2.27. The normalized spacial score (nSPS) is 17.1. The van der Waals surface area contributed by atoms with Crippen molar-refractivity contribution in [2.45, 2.75) is 44.0 Å². The number of hydrogen-bond acceptors (Lipinski definition) is 4. The number of anilines is 1. The van der Waals surface area contributed by atoms with Crippen molar-refractivity contribution in [3.05, 3.63) is 53.1 Å². The van der Waals surface area contributed by atoms with Crippen LogP contribution in [0.5, 0.6) is 5.75 Å². The maximum Gasteiger partial charge on any atom is 0.261 e. The lowest BCUT2D eigenvalue weighted by molar-refractivity contribution is 0.0635. The maximum absolute atomic E-state index is 13.0. The van der Waals surface area contributed by atoms with Crippen LogP contribution in [0.2, 0.25) is 5.02 Å². The molecule has 1 saturated heterocycles. The predicted molar refractivity (Wildman–Crippen MR) is 114 cm³/mol. The zero-order valence-electron chi connectivity index (χ0n) is 16.5. The van der Waals surface area contributed by atoms with E-state index in [-0.39, 0.29) is 27.4 Å². The van der Waals surface area contributed by atoms with Gasteiger partial charge in [-0.25, -0.2) is 8.42 Å². The van der Waals surface area contributed by atoms with Gasteiger partial charge < -0.3 is 9.64 Å². The second kappa shape index (κ2) is 9.05. The second-order valence-corrected chi connectivity index (χ2v) is 9.14. The van der Waals surface area contributed by atoms with E-state index in [1.807, 2.05) is 13.8 Å². The molecule has 0 spiro atoms. The van der Waals surface area contributed by atoms with Gasteiger partial charge in [0.1, 0.15) is 5.75 Å². The number of sulfonamides is 1. The van der Waals surface area contributed by atoms with Crippen molar-refractivity contribution >= 4 is 33.2 Å². The van der Waals surface area contributed by atoms with Gasteiger partial charge >= 0.3 is 0 Å². The van der Waals surface area contributed by atoms with Gasteiger partial charge in [0.05, 0.1) is 22.1 Å². The molecule has 1 unspecified atom stereocenters. The molecular weight excluding hydrogens is 412 g/mol. The summed E-state index contributed by atoms with van der Waals surface area (Å²) in [6.07, 6.45) is 2.95. The molecule has 156 valence electrons. The second-order valence-electron chi connectivity index (χ2n) is 7.05. The van der Waals surface area contributed by atoms with Gasteiger partial charge in [-0.1, -0.05) is 11.6 Å². The topological polar surface area (TPSA) is 75.7 Å². The highest BCUT2D eigenvalue weighted by atomic mass is 35.5. The van der Waals surface area contributed by atoms with Crippen molar-refractivity contribution in [3.8, 4) is 5.75 Å². The summed E-state index contributed by atoms with van der Waals surface area (Å²) in [5.74, 6) is 0.422. The lowest BCUT2D eigenvalue weighted by atomic mass is 10.0. The van der Waals surface area contributed by atoms with Crippen molar-refractivity contribution in [1.82, 2.24) is 4.90 Å². The molecule has 3 rings (SSSR count). The minimum absolute atomic E-state index is 0.0104. The van der Waals surface area contributed by atoms with Crippen LogP contribution in [-0.2, 0) is 10.0 Å². The summed E-state index contributed by atoms with van der Waals surface area (Å²) in [5, 5.41) is 0.243. The van der Waals surface area contributed by atoms with Crippen LogP contribution < -0.4 is 9.46 Å². The fraction of sp³-hybridized carbons (Fsp3) is 0.381. The van der Waals surface area contributed by atoms with Crippen molar-refractivity contribution in [1.29, 1.82) is 0 Å². The Labute approximate surface area is 176 Å². The molecule has 1 heterocycles. The molecule has 0 radical (unpaired) electrons. The van der Waals surface area contributed by atoms with Crippen LogP contribution in [0.3, 0.4) is 0 Å². The summed E-state index contributed by atoms with van der Waals surface area (Å²) >= 11 is 6.24. The Balaban J connectivity index is 1.84. The molecule has 1 N–H and O–H groups in total. The number of halogens is 1. The van der Waals surface area contributed by atoms with E-state index in [2.05, 4.69) is 4.72 Å². The number of amides is 1. The molecule has 1 atom stereocenters. The molecule has 1 fully saturated rings. The largest absolute Gasteiger partial charge is 0.494 e. The lowest BCUT2D eigenvalue weighted by Gasteiger charge is -2.33. The first kappa shape index (κ1) is 21.5. The van der Waals surface area contributed by atoms with E-state index in [4.69, 9.17) is 16.3 Å². The Morgan fingerprint density at radius 1 is 1.21 bits per heavy atom. The molecule has 1 aliphatic heterocycles. The minimum Gasteiger partial charge on any atom is -0.494 e. The Morgan fingerprint density at radius 3 is 2.59 bits per heavy atom. The Hall–Kier alpha value is -2.25. The summed E-state index contributed by atoms with van der Waals surface area (Å²) in [4.78, 5) is 14.7. The van der Waals surface area contributed by atoms with Gasteiger partial charge in [0.25, 0.3) is 15.9 Å². The number of benzene rings is 2. The van der Waals surface area contributed by atoms with Gasteiger partial charge in [-0.2, -0.15) is 0 Å². The first-order valence-corrected chi connectivity index (χ1v) is 11.5. The SMILES string of the molecule is CCOc1ccc(NS(=O)(=O)c2ccc(Cl)c(C(=O)N3CCCCC3C)c2)cc1. The van der Waals surface area contributed by atoms with E-state index in [0.29, 0.717) is 24.6 Å². The van der Waals surface area contributed by atoms with Gasteiger partial charge in [0, 0.05) is 18.3 Å². The summed E-state index contributed by atoms with van der Waals surface area (Å²) < 4.78 is 33.5. The summed E-state index contributed by atoms with van der Waals surface area (Å²) in [5.41, 5.74) is 0.607. The zero-order chi connectivity index (χ0) is 21.0. The molecule has 2 aromatic rings.